The second-order valence-electron chi connectivity index (χ2n) is 2.98. The first-order valence-electron chi connectivity index (χ1n) is 4.18. The van der Waals surface area contributed by atoms with Gasteiger partial charge >= 0.3 is 0 Å². The lowest BCUT2D eigenvalue weighted by atomic mass is 10.3. The van der Waals surface area contributed by atoms with Gasteiger partial charge in [-0.25, -0.2) is 0 Å². The highest BCUT2D eigenvalue weighted by Gasteiger charge is 2.25. The molecule has 1 N–H and O–H groups in total. The van der Waals surface area contributed by atoms with Crippen molar-refractivity contribution in [1.29, 1.82) is 0 Å². The molecule has 0 saturated carbocycles. The standard InChI is InChI=1S/C9H11N2O/c12-9-5-3-7-11(9)8-4-1-2-6-10-8/h1-2,4,8,10H,3,5,7H2. The number of likely N-dealkylation sites (tertiary alicyclic amines) is 1. The van der Waals surface area contributed by atoms with Crippen LogP contribution in [-0.2, 0) is 4.79 Å². The van der Waals surface area contributed by atoms with Gasteiger partial charge in [-0.3, -0.25) is 4.79 Å². The summed E-state index contributed by atoms with van der Waals surface area (Å²) in [5, 5.41) is 3.00. The molecule has 0 aromatic carbocycles. The third kappa shape index (κ3) is 1.22. The number of nitrogens with zero attached hydrogens (tertiary/aromatic N) is 1. The quantitative estimate of drug-likeness (QED) is 0.607. The van der Waals surface area contributed by atoms with Crippen molar-refractivity contribution in [2.24, 2.45) is 0 Å². The number of amides is 1. The number of hydrogen-bond donors (Lipinski definition) is 1. The smallest absolute Gasteiger partial charge is 0.224 e. The molecule has 1 fully saturated rings. The summed E-state index contributed by atoms with van der Waals surface area (Å²) >= 11 is 0. The van der Waals surface area contributed by atoms with Gasteiger partial charge in [0.25, 0.3) is 0 Å². The number of hydrogen-bond acceptors (Lipinski definition) is 2. The highest BCUT2D eigenvalue weighted by atomic mass is 16.2. The summed E-state index contributed by atoms with van der Waals surface area (Å²) in [7, 11) is 0. The van der Waals surface area contributed by atoms with Gasteiger partial charge < -0.3 is 10.2 Å². The highest BCUT2D eigenvalue weighted by Crippen LogP contribution is 2.13. The van der Waals surface area contributed by atoms with E-state index in [4.69, 9.17) is 0 Å². The lowest BCUT2D eigenvalue weighted by molar-refractivity contribution is -0.129. The van der Waals surface area contributed by atoms with E-state index in [0.29, 0.717) is 6.42 Å². The van der Waals surface area contributed by atoms with E-state index in [0.717, 1.165) is 13.0 Å². The van der Waals surface area contributed by atoms with E-state index < -0.39 is 0 Å². The van der Waals surface area contributed by atoms with Crippen molar-refractivity contribution >= 4 is 5.91 Å². The van der Waals surface area contributed by atoms with Gasteiger partial charge in [0.05, 0.1) is 6.20 Å². The summed E-state index contributed by atoms with van der Waals surface area (Å²) in [5.74, 6) is 0.237. The molecule has 2 aliphatic rings. The Hall–Kier alpha value is -1.25. The molecule has 3 nitrogen and oxygen atoms in total. The maximum Gasteiger partial charge on any atom is 0.224 e. The number of dihydropyridines is 1. The molecule has 2 heterocycles. The Morgan fingerprint density at radius 3 is 3.17 bits per heavy atom. The summed E-state index contributed by atoms with van der Waals surface area (Å²) in [5.41, 5.74) is 0. The molecule has 63 valence electrons. The summed E-state index contributed by atoms with van der Waals surface area (Å²) < 4.78 is 0. The molecule has 0 spiro atoms. The minimum atomic E-state index is 0.0324. The summed E-state index contributed by atoms with van der Waals surface area (Å²) in [4.78, 5) is 13.1. The van der Waals surface area contributed by atoms with Gasteiger partial charge in [0, 0.05) is 13.0 Å². The number of nitrogens with one attached hydrogen (secondary N) is 1. The number of rotatable bonds is 1. The molecule has 1 amide bonds. The Morgan fingerprint density at radius 2 is 2.58 bits per heavy atom. The van der Waals surface area contributed by atoms with Crippen molar-refractivity contribution in [3.05, 3.63) is 24.4 Å². The lowest BCUT2D eigenvalue weighted by Crippen LogP contribution is -2.43. The Morgan fingerprint density at radius 1 is 1.67 bits per heavy atom. The fourth-order valence-electron chi connectivity index (χ4n) is 1.54. The molecule has 2 aliphatic heterocycles. The van der Waals surface area contributed by atoms with Crippen molar-refractivity contribution in [1.82, 2.24) is 10.2 Å². The Kier molecular flexibility index (Phi) is 1.86. The van der Waals surface area contributed by atoms with E-state index in [9.17, 15) is 4.79 Å². The van der Waals surface area contributed by atoms with Crippen molar-refractivity contribution in [2.45, 2.75) is 19.0 Å². The minimum Gasteiger partial charge on any atom is -0.360 e. The maximum absolute atomic E-state index is 11.3. The normalized spacial score (nSPS) is 27.8. The molecule has 2 rings (SSSR count). The Bertz CT molecular complexity index is 245. The maximum atomic E-state index is 11.3. The largest absolute Gasteiger partial charge is 0.360 e. The highest BCUT2D eigenvalue weighted by molar-refractivity contribution is 5.78. The van der Waals surface area contributed by atoms with Crippen LogP contribution < -0.4 is 5.32 Å². The van der Waals surface area contributed by atoms with E-state index in [1.807, 2.05) is 17.1 Å². The van der Waals surface area contributed by atoms with Gasteiger partial charge in [-0.15, -0.1) is 0 Å². The van der Waals surface area contributed by atoms with Crippen LogP contribution in [-0.4, -0.2) is 23.5 Å². The van der Waals surface area contributed by atoms with E-state index in [1.165, 1.54) is 0 Å². The van der Waals surface area contributed by atoms with Crippen LogP contribution in [0.5, 0.6) is 0 Å². The van der Waals surface area contributed by atoms with Crippen LogP contribution in [0.3, 0.4) is 0 Å². The van der Waals surface area contributed by atoms with Crippen molar-refractivity contribution in [2.75, 3.05) is 6.54 Å². The zero-order chi connectivity index (χ0) is 8.39. The predicted octanol–water partition coefficient (Wildman–Crippen LogP) is 0.411. The summed E-state index contributed by atoms with van der Waals surface area (Å²) in [6, 6.07) is 0. The van der Waals surface area contributed by atoms with E-state index in [1.54, 1.807) is 6.08 Å². The molecule has 1 unspecified atom stereocenters. The van der Waals surface area contributed by atoms with Gasteiger partial charge in [0.15, 0.2) is 0 Å². The van der Waals surface area contributed by atoms with E-state index >= 15 is 0 Å². The fourth-order valence-corrected chi connectivity index (χ4v) is 1.54. The topological polar surface area (TPSA) is 32.3 Å². The zero-order valence-corrected chi connectivity index (χ0v) is 6.79. The predicted molar refractivity (Wildman–Crippen MR) is 44.8 cm³/mol. The monoisotopic (exact) mass is 163 g/mol. The van der Waals surface area contributed by atoms with Crippen LogP contribution in [0.1, 0.15) is 12.8 Å². The molecule has 1 radical (unpaired) electrons. The Labute approximate surface area is 71.7 Å². The zero-order valence-electron chi connectivity index (χ0n) is 6.79. The molecule has 0 aromatic heterocycles. The third-order valence-corrected chi connectivity index (χ3v) is 2.15. The van der Waals surface area contributed by atoms with E-state index in [2.05, 4.69) is 11.5 Å². The average Bonchev–Trinajstić information content (AvgIpc) is 2.53. The fraction of sp³-hybridized carbons (Fsp3) is 0.444. The van der Waals surface area contributed by atoms with Crippen molar-refractivity contribution in [3.8, 4) is 0 Å². The van der Waals surface area contributed by atoms with Crippen LogP contribution in [0.15, 0.2) is 18.2 Å². The SMILES string of the molecule is O=C1CCCN1C1C=CC=[C]N1. The average molecular weight is 163 g/mol. The molecule has 12 heavy (non-hydrogen) atoms. The van der Waals surface area contributed by atoms with Gasteiger partial charge in [-0.2, -0.15) is 0 Å². The molecule has 3 heteroatoms. The van der Waals surface area contributed by atoms with Crippen molar-refractivity contribution in [3.63, 3.8) is 0 Å². The van der Waals surface area contributed by atoms with Crippen LogP contribution in [0.4, 0.5) is 0 Å². The van der Waals surface area contributed by atoms with Crippen LogP contribution >= 0.6 is 0 Å². The second kappa shape index (κ2) is 3.01. The summed E-state index contributed by atoms with van der Waals surface area (Å²) in [6.45, 7) is 0.864. The second-order valence-corrected chi connectivity index (χ2v) is 2.98. The minimum absolute atomic E-state index is 0.0324. The number of allylic oxidation sites excluding steroid dienone is 2. The molecule has 0 aromatic rings. The van der Waals surface area contributed by atoms with Gasteiger partial charge in [0.2, 0.25) is 5.91 Å². The van der Waals surface area contributed by atoms with Crippen LogP contribution in [0, 0.1) is 6.20 Å². The molecule has 0 aliphatic carbocycles. The molecule has 1 saturated heterocycles. The van der Waals surface area contributed by atoms with Gasteiger partial charge in [-0.1, -0.05) is 6.08 Å². The van der Waals surface area contributed by atoms with Gasteiger partial charge in [-0.05, 0) is 18.6 Å². The first-order valence-corrected chi connectivity index (χ1v) is 4.18. The lowest BCUT2D eigenvalue weighted by Gasteiger charge is -2.26. The van der Waals surface area contributed by atoms with Crippen LogP contribution in [0.25, 0.3) is 0 Å². The number of carbonyl (C=O) groups excluding carboxylic acids is 1. The summed E-state index contributed by atoms with van der Waals surface area (Å²) in [6.07, 6.45) is 10.3. The number of carbonyl (C=O) groups is 1. The molecule has 1 atom stereocenters. The molecular formula is C9H11N2O. The molecule has 0 bridgehead atoms. The van der Waals surface area contributed by atoms with E-state index in [-0.39, 0.29) is 12.1 Å². The van der Waals surface area contributed by atoms with Gasteiger partial charge in [0.1, 0.15) is 6.17 Å². The van der Waals surface area contributed by atoms with Crippen LogP contribution in [0.2, 0.25) is 0 Å². The Balaban J connectivity index is 2.04. The van der Waals surface area contributed by atoms with Crippen molar-refractivity contribution < 1.29 is 4.79 Å². The first-order chi connectivity index (χ1) is 5.88. The molecular weight excluding hydrogens is 152 g/mol. The first kappa shape index (κ1) is 7.40. The third-order valence-electron chi connectivity index (χ3n) is 2.15.